The second-order valence-electron chi connectivity index (χ2n) is 0. The Balaban J connectivity index is 0. The summed E-state index contributed by atoms with van der Waals surface area (Å²) in [6, 6.07) is 0. The summed E-state index contributed by atoms with van der Waals surface area (Å²) < 4.78 is 0. The van der Waals surface area contributed by atoms with Crippen LogP contribution in [0.1, 0.15) is 2.85 Å². The van der Waals surface area contributed by atoms with Crippen molar-refractivity contribution in [1.29, 1.82) is 0 Å². The first-order valence-corrected chi connectivity index (χ1v) is 0. The zero-order chi connectivity index (χ0) is 0. The Morgan fingerprint density at radius 1 is 1.20 bits per heavy atom. The minimum Gasteiger partial charge on any atom is -1.00 e. The van der Waals surface area contributed by atoms with E-state index in [4.69, 9.17) is 0 Å². The molecule has 24 valence electrons. The molecule has 0 amide bonds. The zero-order valence-corrected chi connectivity index (χ0v) is 11.7. The predicted octanol–water partition coefficient (Wildman–Crippen LogP) is -0.544. The SMILES string of the molecule is [Al].[Cu].[H-].[H-].[Mg+2].[Zn].[Zr]. The molecule has 4 radical (unpaired) electrons. The third-order valence-electron chi connectivity index (χ3n) is 0. The van der Waals surface area contributed by atoms with Gasteiger partial charge in [-0.15, -0.1) is 0 Å². The van der Waals surface area contributed by atoms with E-state index in [2.05, 4.69) is 0 Å². The Morgan fingerprint density at radius 3 is 1.20 bits per heavy atom. The molecule has 0 fully saturated rings. The molecule has 0 aliphatic carbocycles. The monoisotopic (exact) mass is 270 g/mol. The van der Waals surface area contributed by atoms with Crippen LogP contribution in [0.15, 0.2) is 0 Å². The van der Waals surface area contributed by atoms with Crippen LogP contribution in [0.3, 0.4) is 0 Å². The van der Waals surface area contributed by atoms with Gasteiger partial charge in [0.15, 0.2) is 0 Å². The Bertz CT molecular complexity index is 17.7. The van der Waals surface area contributed by atoms with Crippen molar-refractivity contribution in [3.63, 3.8) is 0 Å². The maximum Gasteiger partial charge on any atom is 2.00 e. The summed E-state index contributed by atoms with van der Waals surface area (Å²) in [4.78, 5) is 0. The topological polar surface area (TPSA) is 0 Å². The van der Waals surface area contributed by atoms with E-state index in [1.54, 1.807) is 0 Å². The van der Waals surface area contributed by atoms with E-state index >= 15 is 0 Å². The van der Waals surface area contributed by atoms with E-state index in [9.17, 15) is 0 Å². The molecule has 0 spiro atoms. The predicted molar refractivity (Wildman–Crippen MR) is 13.7 cm³/mol. The quantitative estimate of drug-likeness (QED) is 0.520. The normalized spacial score (nSPS) is 0. The molecule has 0 aromatic heterocycles. The molecule has 0 heterocycles. The van der Waals surface area contributed by atoms with Gasteiger partial charge in [-0.1, -0.05) is 0 Å². The van der Waals surface area contributed by atoms with Crippen molar-refractivity contribution in [2.75, 3.05) is 0 Å². The number of rotatable bonds is 0. The summed E-state index contributed by atoms with van der Waals surface area (Å²) in [7, 11) is 0. The van der Waals surface area contributed by atoms with E-state index in [0.717, 1.165) is 0 Å². The van der Waals surface area contributed by atoms with Crippen LogP contribution in [-0.2, 0) is 62.8 Å². The molecule has 0 aromatic carbocycles. The molecule has 0 aromatic rings. The maximum absolute atomic E-state index is 0. The summed E-state index contributed by atoms with van der Waals surface area (Å²) in [5.74, 6) is 0. The zero-order valence-electron chi connectivity index (χ0n) is 4.79. The molecule has 5 heteroatoms. The first-order chi connectivity index (χ1) is 0. The second kappa shape index (κ2) is 26.5. The van der Waals surface area contributed by atoms with Crippen LogP contribution in [-0.4, -0.2) is 40.4 Å². The van der Waals surface area contributed by atoms with Crippen LogP contribution in [0.2, 0.25) is 0 Å². The molecule has 0 atom stereocenters. The summed E-state index contributed by atoms with van der Waals surface area (Å²) in [6.45, 7) is 0. The molecule has 0 saturated heterocycles. The molecule has 0 N–H and O–H groups in total. The fourth-order valence-electron chi connectivity index (χ4n) is 0. The van der Waals surface area contributed by atoms with Crippen molar-refractivity contribution in [3.8, 4) is 0 Å². The minimum atomic E-state index is 0. The third-order valence-corrected chi connectivity index (χ3v) is 0. The fraction of sp³-hybridized carbons (Fsp3) is 0. The van der Waals surface area contributed by atoms with Gasteiger partial charge in [0.2, 0.25) is 0 Å². The summed E-state index contributed by atoms with van der Waals surface area (Å²) >= 11 is 0. The smallest absolute Gasteiger partial charge is 1.00 e. The van der Waals surface area contributed by atoms with Gasteiger partial charge in [0.1, 0.15) is 0 Å². The van der Waals surface area contributed by atoms with Crippen LogP contribution >= 0.6 is 0 Å². The van der Waals surface area contributed by atoms with Gasteiger partial charge < -0.3 is 2.85 Å². The van der Waals surface area contributed by atoms with Gasteiger partial charge in [0, 0.05) is 80.1 Å². The van der Waals surface area contributed by atoms with Crippen LogP contribution in [0.25, 0.3) is 0 Å². The van der Waals surface area contributed by atoms with Crippen LogP contribution in [0, 0.1) is 0 Å². The molecule has 5 heavy (non-hydrogen) atoms. The average Bonchev–Trinajstić information content (AvgIpc) is 0. The van der Waals surface area contributed by atoms with E-state index in [-0.39, 0.29) is 106 Å². The van der Waals surface area contributed by atoms with Crippen molar-refractivity contribution in [3.05, 3.63) is 0 Å². The fourth-order valence-corrected chi connectivity index (χ4v) is 0. The summed E-state index contributed by atoms with van der Waals surface area (Å²) in [6.07, 6.45) is 0. The molecule has 0 nitrogen and oxygen atoms in total. The Kier molecular flexibility index (Phi) is 214. The molecular formula is H2AlCuMgZnZr. The molecule has 0 unspecified atom stereocenters. The van der Waals surface area contributed by atoms with E-state index < -0.39 is 0 Å². The molecular weight excluding hydrogens is 271 g/mol. The summed E-state index contributed by atoms with van der Waals surface area (Å²) in [5, 5.41) is 0. The van der Waals surface area contributed by atoms with Gasteiger partial charge in [-0.2, -0.15) is 0 Å². The van der Waals surface area contributed by atoms with Crippen molar-refractivity contribution >= 4 is 40.4 Å². The molecule has 0 saturated carbocycles. The first-order valence-electron chi connectivity index (χ1n) is 0. The van der Waals surface area contributed by atoms with Crippen LogP contribution in [0.4, 0.5) is 0 Å². The van der Waals surface area contributed by atoms with Crippen molar-refractivity contribution in [2.24, 2.45) is 0 Å². The molecule has 0 aliphatic heterocycles. The largest absolute Gasteiger partial charge is 2.00 e. The van der Waals surface area contributed by atoms with E-state index in [0.29, 0.717) is 0 Å². The van der Waals surface area contributed by atoms with Crippen molar-refractivity contribution in [1.82, 2.24) is 0 Å². The molecule has 0 rings (SSSR count). The molecule has 0 aliphatic rings. The first kappa shape index (κ1) is 40.4. The second-order valence-corrected chi connectivity index (χ2v) is 0. The van der Waals surface area contributed by atoms with Gasteiger partial charge >= 0.3 is 23.1 Å². The van der Waals surface area contributed by atoms with Gasteiger partial charge in [0.05, 0.1) is 0 Å². The van der Waals surface area contributed by atoms with E-state index in [1.807, 2.05) is 0 Å². The summed E-state index contributed by atoms with van der Waals surface area (Å²) in [5.41, 5.74) is 0. The molecule has 0 bridgehead atoms. The average molecular weight is 273 g/mol. The standard InChI is InChI=1S/Al.Cu.Mg.Zn.Zr.2H/q;;+2;;;2*-1. The Hall–Kier alpha value is 3.32. The van der Waals surface area contributed by atoms with E-state index in [1.165, 1.54) is 0 Å². The third kappa shape index (κ3) is 18.8. The Morgan fingerprint density at radius 2 is 1.20 bits per heavy atom. The van der Waals surface area contributed by atoms with Gasteiger partial charge in [0.25, 0.3) is 0 Å². The minimum absolute atomic E-state index is 0. The maximum atomic E-state index is 0. The van der Waals surface area contributed by atoms with Crippen molar-refractivity contribution < 1.29 is 65.6 Å². The van der Waals surface area contributed by atoms with Gasteiger partial charge in [-0.3, -0.25) is 0 Å². The number of hydrogen-bond acceptors (Lipinski definition) is 0. The van der Waals surface area contributed by atoms with Crippen molar-refractivity contribution in [2.45, 2.75) is 0 Å². The van der Waals surface area contributed by atoms with Gasteiger partial charge in [-0.25, -0.2) is 0 Å². The Labute approximate surface area is 104 Å². The number of hydrogen-bond donors (Lipinski definition) is 0. The van der Waals surface area contributed by atoms with Gasteiger partial charge in [-0.05, 0) is 0 Å². The van der Waals surface area contributed by atoms with Crippen LogP contribution < -0.4 is 0 Å². The van der Waals surface area contributed by atoms with Crippen LogP contribution in [0.5, 0.6) is 0 Å².